The fourth-order valence-corrected chi connectivity index (χ4v) is 1.41. The lowest BCUT2D eigenvalue weighted by Crippen LogP contribution is -2.13. The molecule has 0 atom stereocenters. The molecular formula is C13H13N3O. The van der Waals surface area contributed by atoms with Crippen LogP contribution in [0.15, 0.2) is 42.6 Å². The smallest absolute Gasteiger partial charge is 0.257 e. The summed E-state index contributed by atoms with van der Waals surface area (Å²) >= 11 is 0. The van der Waals surface area contributed by atoms with Crippen molar-refractivity contribution in [2.75, 3.05) is 11.1 Å². The van der Waals surface area contributed by atoms with E-state index in [0.29, 0.717) is 16.9 Å². The van der Waals surface area contributed by atoms with Gasteiger partial charge in [-0.05, 0) is 31.2 Å². The number of hydrogen-bond donors (Lipinski definition) is 2. The molecule has 0 aliphatic carbocycles. The van der Waals surface area contributed by atoms with Gasteiger partial charge in [0.25, 0.3) is 5.91 Å². The van der Waals surface area contributed by atoms with Gasteiger partial charge in [-0.3, -0.25) is 9.78 Å². The third-order valence-corrected chi connectivity index (χ3v) is 2.38. The molecule has 0 aliphatic rings. The summed E-state index contributed by atoms with van der Waals surface area (Å²) in [4.78, 5) is 15.9. The molecular weight excluding hydrogens is 214 g/mol. The van der Waals surface area contributed by atoms with Crippen molar-refractivity contribution in [3.05, 3.63) is 53.9 Å². The Hall–Kier alpha value is -2.36. The molecule has 0 fully saturated rings. The van der Waals surface area contributed by atoms with E-state index in [1.807, 2.05) is 19.1 Å². The van der Waals surface area contributed by atoms with Crippen molar-refractivity contribution in [2.24, 2.45) is 0 Å². The minimum Gasteiger partial charge on any atom is -0.397 e. The molecule has 4 heteroatoms. The van der Waals surface area contributed by atoms with Crippen molar-refractivity contribution < 1.29 is 4.79 Å². The van der Waals surface area contributed by atoms with Crippen LogP contribution >= 0.6 is 0 Å². The van der Waals surface area contributed by atoms with Crippen LogP contribution in [-0.4, -0.2) is 10.9 Å². The first-order valence-electron chi connectivity index (χ1n) is 5.25. The standard InChI is InChI=1S/C13H13N3O/c1-9-6-7-10(8-15-9)13(17)16-12-5-3-2-4-11(12)14/h2-8H,14H2,1H3,(H,16,17). The molecule has 0 spiro atoms. The minimum absolute atomic E-state index is 0.213. The maximum atomic E-state index is 11.9. The third-order valence-electron chi connectivity index (χ3n) is 2.38. The lowest BCUT2D eigenvalue weighted by atomic mass is 10.2. The van der Waals surface area contributed by atoms with Gasteiger partial charge in [0.15, 0.2) is 0 Å². The Labute approximate surface area is 99.5 Å². The molecule has 1 aromatic carbocycles. The van der Waals surface area contributed by atoms with Crippen LogP contribution in [0.1, 0.15) is 16.1 Å². The van der Waals surface area contributed by atoms with E-state index in [1.54, 1.807) is 30.5 Å². The number of carbonyl (C=O) groups is 1. The summed E-state index contributed by atoms with van der Waals surface area (Å²) in [7, 11) is 0. The lowest BCUT2D eigenvalue weighted by molar-refractivity contribution is 0.102. The molecule has 0 radical (unpaired) electrons. The molecule has 0 saturated heterocycles. The van der Waals surface area contributed by atoms with E-state index in [2.05, 4.69) is 10.3 Å². The zero-order chi connectivity index (χ0) is 12.3. The fourth-order valence-electron chi connectivity index (χ4n) is 1.41. The highest BCUT2D eigenvalue weighted by atomic mass is 16.1. The average molecular weight is 227 g/mol. The predicted molar refractivity (Wildman–Crippen MR) is 67.8 cm³/mol. The van der Waals surface area contributed by atoms with Crippen LogP contribution in [-0.2, 0) is 0 Å². The molecule has 17 heavy (non-hydrogen) atoms. The molecule has 2 aromatic rings. The number of para-hydroxylation sites is 2. The second-order valence-corrected chi connectivity index (χ2v) is 3.73. The molecule has 0 bridgehead atoms. The summed E-state index contributed by atoms with van der Waals surface area (Å²) in [5.41, 5.74) is 8.28. The normalized spacial score (nSPS) is 9.94. The number of pyridine rings is 1. The lowest BCUT2D eigenvalue weighted by Gasteiger charge is -2.07. The first-order valence-corrected chi connectivity index (χ1v) is 5.25. The van der Waals surface area contributed by atoms with Crippen molar-refractivity contribution >= 4 is 17.3 Å². The van der Waals surface area contributed by atoms with Crippen molar-refractivity contribution in [3.63, 3.8) is 0 Å². The molecule has 4 nitrogen and oxygen atoms in total. The van der Waals surface area contributed by atoms with Gasteiger partial charge in [0, 0.05) is 11.9 Å². The maximum absolute atomic E-state index is 11.9. The summed E-state index contributed by atoms with van der Waals surface area (Å²) in [5.74, 6) is -0.213. The number of rotatable bonds is 2. The van der Waals surface area contributed by atoms with Gasteiger partial charge < -0.3 is 11.1 Å². The number of carbonyl (C=O) groups excluding carboxylic acids is 1. The zero-order valence-corrected chi connectivity index (χ0v) is 9.47. The fraction of sp³-hybridized carbons (Fsp3) is 0.0769. The number of nitrogens with two attached hydrogens (primary N) is 1. The molecule has 86 valence electrons. The summed E-state index contributed by atoms with van der Waals surface area (Å²) in [5, 5.41) is 2.74. The summed E-state index contributed by atoms with van der Waals surface area (Å²) in [6.45, 7) is 1.87. The number of hydrogen-bond acceptors (Lipinski definition) is 3. The number of aryl methyl sites for hydroxylation is 1. The summed E-state index contributed by atoms with van der Waals surface area (Å²) in [6.07, 6.45) is 1.55. The first kappa shape index (κ1) is 11.1. The Kier molecular flexibility index (Phi) is 3.05. The number of amides is 1. The summed E-state index contributed by atoms with van der Waals surface area (Å²) in [6, 6.07) is 10.7. The van der Waals surface area contributed by atoms with Crippen molar-refractivity contribution in [3.8, 4) is 0 Å². The monoisotopic (exact) mass is 227 g/mol. The van der Waals surface area contributed by atoms with E-state index >= 15 is 0 Å². The van der Waals surface area contributed by atoms with Gasteiger partial charge in [-0.25, -0.2) is 0 Å². The van der Waals surface area contributed by atoms with E-state index in [9.17, 15) is 4.79 Å². The van der Waals surface area contributed by atoms with E-state index in [-0.39, 0.29) is 5.91 Å². The van der Waals surface area contributed by atoms with Crippen LogP contribution in [0.2, 0.25) is 0 Å². The Bertz CT molecular complexity index is 535. The molecule has 1 heterocycles. The highest BCUT2D eigenvalue weighted by molar-refractivity contribution is 6.05. The van der Waals surface area contributed by atoms with E-state index in [0.717, 1.165) is 5.69 Å². The third kappa shape index (κ3) is 2.60. The van der Waals surface area contributed by atoms with Crippen LogP contribution in [0.5, 0.6) is 0 Å². The number of anilines is 2. The average Bonchev–Trinajstić information content (AvgIpc) is 2.33. The molecule has 0 unspecified atom stereocenters. The van der Waals surface area contributed by atoms with Gasteiger partial charge >= 0.3 is 0 Å². The quantitative estimate of drug-likeness (QED) is 0.773. The Morgan fingerprint density at radius 1 is 1.24 bits per heavy atom. The number of nitrogens with zero attached hydrogens (tertiary/aromatic N) is 1. The van der Waals surface area contributed by atoms with Crippen LogP contribution < -0.4 is 11.1 Å². The Morgan fingerprint density at radius 3 is 2.65 bits per heavy atom. The second kappa shape index (κ2) is 4.65. The van der Waals surface area contributed by atoms with Gasteiger partial charge in [-0.2, -0.15) is 0 Å². The minimum atomic E-state index is -0.213. The van der Waals surface area contributed by atoms with Gasteiger partial charge in [0.1, 0.15) is 0 Å². The molecule has 1 aromatic heterocycles. The van der Waals surface area contributed by atoms with E-state index in [4.69, 9.17) is 5.73 Å². The van der Waals surface area contributed by atoms with E-state index < -0.39 is 0 Å². The maximum Gasteiger partial charge on any atom is 0.257 e. The Balaban J connectivity index is 2.17. The summed E-state index contributed by atoms with van der Waals surface area (Å²) < 4.78 is 0. The van der Waals surface area contributed by atoms with Crippen LogP contribution in [0.3, 0.4) is 0 Å². The molecule has 1 amide bonds. The van der Waals surface area contributed by atoms with Crippen molar-refractivity contribution in [1.82, 2.24) is 4.98 Å². The molecule has 3 N–H and O–H groups in total. The van der Waals surface area contributed by atoms with Gasteiger partial charge in [0.2, 0.25) is 0 Å². The van der Waals surface area contributed by atoms with Gasteiger partial charge in [-0.15, -0.1) is 0 Å². The number of benzene rings is 1. The van der Waals surface area contributed by atoms with Crippen LogP contribution in [0, 0.1) is 6.92 Å². The largest absolute Gasteiger partial charge is 0.397 e. The van der Waals surface area contributed by atoms with Crippen molar-refractivity contribution in [1.29, 1.82) is 0 Å². The van der Waals surface area contributed by atoms with Crippen LogP contribution in [0.4, 0.5) is 11.4 Å². The predicted octanol–water partition coefficient (Wildman–Crippen LogP) is 2.22. The molecule has 2 rings (SSSR count). The van der Waals surface area contributed by atoms with Crippen molar-refractivity contribution in [2.45, 2.75) is 6.92 Å². The zero-order valence-electron chi connectivity index (χ0n) is 9.47. The highest BCUT2D eigenvalue weighted by Gasteiger charge is 2.07. The van der Waals surface area contributed by atoms with Gasteiger partial charge in [0.05, 0.1) is 16.9 Å². The Morgan fingerprint density at radius 2 is 2.00 bits per heavy atom. The topological polar surface area (TPSA) is 68.0 Å². The number of nitrogen functional groups attached to an aromatic ring is 1. The molecule has 0 saturated carbocycles. The van der Waals surface area contributed by atoms with Crippen LogP contribution in [0.25, 0.3) is 0 Å². The van der Waals surface area contributed by atoms with Gasteiger partial charge in [-0.1, -0.05) is 12.1 Å². The SMILES string of the molecule is Cc1ccc(C(=O)Nc2ccccc2N)cn1. The first-order chi connectivity index (χ1) is 8.16. The molecule has 0 aliphatic heterocycles. The number of aromatic nitrogens is 1. The highest BCUT2D eigenvalue weighted by Crippen LogP contribution is 2.17. The second-order valence-electron chi connectivity index (χ2n) is 3.73. The number of nitrogens with one attached hydrogen (secondary N) is 1. The van der Waals surface area contributed by atoms with E-state index in [1.165, 1.54) is 0 Å².